The SMILES string of the molecule is CNC(=O)C1CCCN1C(=O)c1ccc(-c2ccc(OCC3CCN(CC(C)(C)F)CC3)nc2)cc1. The first-order valence-electron chi connectivity index (χ1n) is 12.9. The molecule has 2 aliphatic rings. The molecule has 2 amide bonds. The second-order valence-electron chi connectivity index (χ2n) is 10.5. The minimum Gasteiger partial charge on any atom is -0.477 e. The molecule has 2 aromatic rings. The summed E-state index contributed by atoms with van der Waals surface area (Å²) in [5.41, 5.74) is 1.31. The van der Waals surface area contributed by atoms with Crippen molar-refractivity contribution in [2.24, 2.45) is 5.92 Å². The monoisotopic (exact) mass is 496 g/mol. The second kappa shape index (κ2) is 11.4. The minimum absolute atomic E-state index is 0.114. The van der Waals surface area contributed by atoms with Crippen molar-refractivity contribution < 1.29 is 18.7 Å². The standard InChI is InChI=1S/C28H37FN4O3/c1-28(2,29)19-32-15-12-20(13-16-32)18-36-25-11-10-23(17-31-25)21-6-8-22(9-7-21)27(35)33-14-4-5-24(33)26(34)30-3/h6-11,17,20,24H,4-5,12-16,18-19H2,1-3H3,(H,30,34). The van der Waals surface area contributed by atoms with Crippen LogP contribution < -0.4 is 10.1 Å². The molecule has 2 fully saturated rings. The Labute approximate surface area is 213 Å². The van der Waals surface area contributed by atoms with E-state index in [1.165, 1.54) is 0 Å². The van der Waals surface area contributed by atoms with Crippen LogP contribution in [0.25, 0.3) is 11.1 Å². The number of ether oxygens (including phenoxy) is 1. The molecule has 4 rings (SSSR count). The number of rotatable bonds is 8. The third-order valence-electron chi connectivity index (χ3n) is 7.04. The highest BCUT2D eigenvalue weighted by Crippen LogP contribution is 2.25. The van der Waals surface area contributed by atoms with E-state index in [4.69, 9.17) is 4.74 Å². The number of halogens is 1. The Hall–Kier alpha value is -3.00. The Morgan fingerprint density at radius 3 is 2.36 bits per heavy atom. The van der Waals surface area contributed by atoms with Gasteiger partial charge in [-0.25, -0.2) is 9.37 Å². The van der Waals surface area contributed by atoms with Gasteiger partial charge in [0, 0.05) is 43.5 Å². The normalized spacial score (nSPS) is 19.3. The van der Waals surface area contributed by atoms with Crippen molar-refractivity contribution in [1.82, 2.24) is 20.1 Å². The third-order valence-corrected chi connectivity index (χ3v) is 7.04. The van der Waals surface area contributed by atoms with Crippen molar-refractivity contribution in [2.75, 3.05) is 39.8 Å². The number of aromatic nitrogens is 1. The summed E-state index contributed by atoms with van der Waals surface area (Å²) in [6.45, 7) is 6.75. The first kappa shape index (κ1) is 26.1. The van der Waals surface area contributed by atoms with Gasteiger partial charge in [0.15, 0.2) is 0 Å². The van der Waals surface area contributed by atoms with Crippen LogP contribution in [0.4, 0.5) is 4.39 Å². The number of carbonyl (C=O) groups excluding carboxylic acids is 2. The van der Waals surface area contributed by atoms with Gasteiger partial charge in [-0.3, -0.25) is 9.59 Å². The van der Waals surface area contributed by atoms with E-state index >= 15 is 0 Å². The summed E-state index contributed by atoms with van der Waals surface area (Å²) in [6.07, 6.45) is 5.31. The predicted octanol–water partition coefficient (Wildman–Crippen LogP) is 3.94. The quantitative estimate of drug-likeness (QED) is 0.599. The lowest BCUT2D eigenvalue weighted by atomic mass is 9.97. The van der Waals surface area contributed by atoms with Gasteiger partial charge in [0.05, 0.1) is 6.61 Å². The number of carbonyl (C=O) groups is 2. The molecule has 194 valence electrons. The van der Waals surface area contributed by atoms with Gasteiger partial charge in [0.25, 0.3) is 5.91 Å². The molecule has 0 radical (unpaired) electrons. The van der Waals surface area contributed by atoms with Gasteiger partial charge in [-0.2, -0.15) is 0 Å². The zero-order valence-corrected chi connectivity index (χ0v) is 21.5. The van der Waals surface area contributed by atoms with Crippen molar-refractivity contribution in [2.45, 2.75) is 51.2 Å². The number of benzene rings is 1. The Morgan fingerprint density at radius 2 is 1.75 bits per heavy atom. The number of piperidine rings is 1. The molecule has 36 heavy (non-hydrogen) atoms. The van der Waals surface area contributed by atoms with Crippen molar-refractivity contribution in [3.63, 3.8) is 0 Å². The summed E-state index contributed by atoms with van der Waals surface area (Å²) < 4.78 is 19.8. The topological polar surface area (TPSA) is 74.8 Å². The van der Waals surface area contributed by atoms with Gasteiger partial charge in [-0.15, -0.1) is 0 Å². The molecule has 0 bridgehead atoms. The Kier molecular flexibility index (Phi) is 8.24. The molecule has 1 aromatic heterocycles. The van der Waals surface area contributed by atoms with Crippen LogP contribution in [0.3, 0.4) is 0 Å². The Morgan fingerprint density at radius 1 is 1.06 bits per heavy atom. The fourth-order valence-corrected chi connectivity index (χ4v) is 5.10. The summed E-state index contributed by atoms with van der Waals surface area (Å²) in [5, 5.41) is 2.65. The van der Waals surface area contributed by atoms with E-state index in [0.717, 1.165) is 43.5 Å². The van der Waals surface area contributed by atoms with Crippen LogP contribution in [0, 0.1) is 5.92 Å². The minimum atomic E-state index is -1.16. The molecule has 1 N–H and O–H groups in total. The highest BCUT2D eigenvalue weighted by atomic mass is 19.1. The summed E-state index contributed by atoms with van der Waals surface area (Å²) in [4.78, 5) is 33.3. The zero-order valence-electron chi connectivity index (χ0n) is 21.5. The van der Waals surface area contributed by atoms with Gasteiger partial charge in [-0.05, 0) is 82.3 Å². The average Bonchev–Trinajstić information content (AvgIpc) is 3.37. The number of likely N-dealkylation sites (tertiary alicyclic amines) is 2. The molecule has 0 spiro atoms. The summed E-state index contributed by atoms with van der Waals surface area (Å²) in [6, 6.07) is 10.9. The van der Waals surface area contributed by atoms with Gasteiger partial charge < -0.3 is 19.9 Å². The zero-order chi connectivity index (χ0) is 25.7. The van der Waals surface area contributed by atoms with Gasteiger partial charge in [0.1, 0.15) is 11.7 Å². The van der Waals surface area contributed by atoms with E-state index in [2.05, 4.69) is 15.2 Å². The van der Waals surface area contributed by atoms with Crippen LogP contribution in [-0.4, -0.2) is 78.1 Å². The third kappa shape index (κ3) is 6.60. The lowest BCUT2D eigenvalue weighted by Crippen LogP contribution is -2.44. The number of nitrogens with zero attached hydrogens (tertiary/aromatic N) is 3. The predicted molar refractivity (Wildman–Crippen MR) is 138 cm³/mol. The first-order chi connectivity index (χ1) is 17.2. The van der Waals surface area contributed by atoms with Crippen LogP contribution in [-0.2, 0) is 4.79 Å². The van der Waals surface area contributed by atoms with Gasteiger partial charge in [-0.1, -0.05) is 12.1 Å². The van der Waals surface area contributed by atoms with Crippen molar-refractivity contribution in [1.29, 1.82) is 0 Å². The Balaban J connectivity index is 1.28. The van der Waals surface area contributed by atoms with Crippen LogP contribution in [0.1, 0.15) is 49.9 Å². The molecule has 1 aromatic carbocycles. The molecule has 0 aliphatic carbocycles. The van der Waals surface area contributed by atoms with E-state index in [-0.39, 0.29) is 11.8 Å². The smallest absolute Gasteiger partial charge is 0.254 e. The molecule has 0 saturated carbocycles. The average molecular weight is 497 g/mol. The molecule has 8 heteroatoms. The number of likely N-dealkylation sites (N-methyl/N-ethyl adjacent to an activating group) is 1. The number of pyridine rings is 1. The van der Waals surface area contributed by atoms with Gasteiger partial charge in [0.2, 0.25) is 11.8 Å². The summed E-state index contributed by atoms with van der Waals surface area (Å²) in [5.74, 6) is 0.812. The maximum atomic E-state index is 13.9. The summed E-state index contributed by atoms with van der Waals surface area (Å²) in [7, 11) is 1.60. The van der Waals surface area contributed by atoms with Crippen molar-refractivity contribution in [3.05, 3.63) is 48.2 Å². The molecular weight excluding hydrogens is 459 g/mol. The molecule has 1 atom stereocenters. The number of hydrogen-bond donors (Lipinski definition) is 1. The Bertz CT molecular complexity index is 1030. The molecule has 2 saturated heterocycles. The van der Waals surface area contributed by atoms with Crippen molar-refractivity contribution in [3.8, 4) is 17.0 Å². The number of nitrogens with one attached hydrogen (secondary N) is 1. The largest absolute Gasteiger partial charge is 0.477 e. The first-order valence-corrected chi connectivity index (χ1v) is 12.9. The van der Waals surface area contributed by atoms with E-state index in [1.807, 2.05) is 24.3 Å². The number of hydrogen-bond acceptors (Lipinski definition) is 5. The molecule has 7 nitrogen and oxygen atoms in total. The number of alkyl halides is 1. The van der Waals surface area contributed by atoms with E-state index in [1.54, 1.807) is 44.1 Å². The maximum Gasteiger partial charge on any atom is 0.254 e. The van der Waals surface area contributed by atoms with E-state index in [0.29, 0.717) is 43.5 Å². The maximum absolute atomic E-state index is 13.9. The van der Waals surface area contributed by atoms with E-state index < -0.39 is 11.7 Å². The van der Waals surface area contributed by atoms with E-state index in [9.17, 15) is 14.0 Å². The van der Waals surface area contributed by atoms with Crippen LogP contribution in [0.15, 0.2) is 42.6 Å². The molecule has 3 heterocycles. The van der Waals surface area contributed by atoms with Crippen molar-refractivity contribution >= 4 is 11.8 Å². The highest BCUT2D eigenvalue weighted by Gasteiger charge is 2.34. The number of amides is 2. The van der Waals surface area contributed by atoms with Gasteiger partial charge >= 0.3 is 0 Å². The fourth-order valence-electron chi connectivity index (χ4n) is 5.10. The molecule has 1 unspecified atom stereocenters. The van der Waals surface area contributed by atoms with Crippen LogP contribution in [0.2, 0.25) is 0 Å². The highest BCUT2D eigenvalue weighted by molar-refractivity contribution is 5.98. The lowest BCUT2D eigenvalue weighted by molar-refractivity contribution is -0.124. The fraction of sp³-hybridized carbons (Fsp3) is 0.536. The molecular formula is C28H37FN4O3. The molecule has 2 aliphatic heterocycles. The van der Waals surface area contributed by atoms with Crippen LogP contribution in [0.5, 0.6) is 5.88 Å². The van der Waals surface area contributed by atoms with Crippen LogP contribution >= 0.6 is 0 Å². The lowest BCUT2D eigenvalue weighted by Gasteiger charge is -2.34. The second-order valence-corrected chi connectivity index (χ2v) is 10.5. The summed E-state index contributed by atoms with van der Waals surface area (Å²) >= 11 is 0.